The molecule has 0 aliphatic carbocycles. The molecular weight excluding hydrogens is 382 g/mol. The summed E-state index contributed by atoms with van der Waals surface area (Å²) in [5.74, 6) is -0.119. The summed E-state index contributed by atoms with van der Waals surface area (Å²) >= 11 is 3.49. The molecule has 1 aliphatic rings. The van der Waals surface area contributed by atoms with Gasteiger partial charge >= 0.3 is 5.97 Å². The van der Waals surface area contributed by atoms with Crippen molar-refractivity contribution in [2.45, 2.75) is 38.8 Å². The lowest BCUT2D eigenvalue weighted by Gasteiger charge is -2.42. The minimum atomic E-state index is -0.415. The highest BCUT2D eigenvalue weighted by Gasteiger charge is 2.27. The van der Waals surface area contributed by atoms with Gasteiger partial charge in [0.2, 0.25) is 0 Å². The molecule has 0 unspecified atom stereocenters. The van der Waals surface area contributed by atoms with Gasteiger partial charge in [-0.2, -0.15) is 0 Å². The van der Waals surface area contributed by atoms with Crippen LogP contribution in [0.1, 0.15) is 27.2 Å². The number of benzene rings is 1. The molecule has 1 aromatic carbocycles. The quantitative estimate of drug-likeness (QED) is 0.729. The number of carbonyl (C=O) groups is 1. The summed E-state index contributed by atoms with van der Waals surface area (Å²) in [4.78, 5) is 16.8. The lowest BCUT2D eigenvalue weighted by atomic mass is 10.1. The van der Waals surface area contributed by atoms with Gasteiger partial charge < -0.3 is 15.0 Å². The van der Waals surface area contributed by atoms with Crippen molar-refractivity contribution >= 4 is 27.6 Å². The molecule has 1 N–H and O–H groups in total. The number of carbonyl (C=O) groups excluding carboxylic acids is 1. The lowest BCUT2D eigenvalue weighted by Crippen LogP contribution is -2.56. The molecule has 0 aromatic heterocycles. The molecular formula is C19H30BrN3O2. The largest absolute Gasteiger partial charge is 0.460 e. The van der Waals surface area contributed by atoms with Crippen molar-refractivity contribution in [3.05, 3.63) is 28.7 Å². The van der Waals surface area contributed by atoms with Crippen LogP contribution in [0.5, 0.6) is 0 Å². The standard InChI is InChI=1S/C19H30BrN3O2/c1-19(2,3)25-18(24)9-10-22-11-12-23(14-17(22)13-21-4)16-7-5-15(20)6-8-16/h5-8,17,21H,9-14H2,1-4H3/t17-/m0/s1. The first-order chi connectivity index (χ1) is 11.8. The molecule has 1 saturated heterocycles. The number of hydrogen-bond donors (Lipinski definition) is 1. The first kappa shape index (κ1) is 20.2. The maximum atomic E-state index is 12.0. The number of ether oxygens (including phenoxy) is 1. The van der Waals surface area contributed by atoms with Crippen molar-refractivity contribution in [1.82, 2.24) is 10.2 Å². The lowest BCUT2D eigenvalue weighted by molar-refractivity contribution is -0.155. The fourth-order valence-corrected chi connectivity index (χ4v) is 3.39. The van der Waals surface area contributed by atoms with Gasteiger partial charge in [0, 0.05) is 48.9 Å². The zero-order chi connectivity index (χ0) is 18.4. The van der Waals surface area contributed by atoms with E-state index in [-0.39, 0.29) is 5.97 Å². The molecule has 0 saturated carbocycles. The highest BCUT2D eigenvalue weighted by molar-refractivity contribution is 9.10. The summed E-state index contributed by atoms with van der Waals surface area (Å²) in [6.45, 7) is 10.2. The topological polar surface area (TPSA) is 44.8 Å². The van der Waals surface area contributed by atoms with Crippen molar-refractivity contribution in [1.29, 1.82) is 0 Å². The van der Waals surface area contributed by atoms with Gasteiger partial charge in [0.1, 0.15) is 5.60 Å². The number of anilines is 1. The number of hydrogen-bond acceptors (Lipinski definition) is 5. The van der Waals surface area contributed by atoms with E-state index in [2.05, 4.69) is 55.3 Å². The van der Waals surface area contributed by atoms with Crippen LogP contribution in [-0.4, -0.2) is 62.3 Å². The first-order valence-electron chi connectivity index (χ1n) is 8.89. The Morgan fingerprint density at radius 1 is 1.28 bits per heavy atom. The Kier molecular flexibility index (Phi) is 7.28. The van der Waals surface area contributed by atoms with Crippen molar-refractivity contribution < 1.29 is 9.53 Å². The minimum absolute atomic E-state index is 0.119. The van der Waals surface area contributed by atoms with E-state index >= 15 is 0 Å². The van der Waals surface area contributed by atoms with Crippen molar-refractivity contribution in [2.24, 2.45) is 0 Å². The molecule has 1 aromatic rings. The van der Waals surface area contributed by atoms with E-state index in [0.717, 1.165) is 37.2 Å². The van der Waals surface area contributed by atoms with Crippen LogP contribution < -0.4 is 10.2 Å². The van der Waals surface area contributed by atoms with Crippen molar-refractivity contribution in [2.75, 3.05) is 44.7 Å². The van der Waals surface area contributed by atoms with Crippen LogP contribution in [0.2, 0.25) is 0 Å². The number of rotatable bonds is 6. The number of piperazine rings is 1. The zero-order valence-electron chi connectivity index (χ0n) is 15.7. The van der Waals surface area contributed by atoms with Gasteiger partial charge in [0.25, 0.3) is 0 Å². The van der Waals surface area contributed by atoms with Gasteiger partial charge in [0.05, 0.1) is 6.42 Å². The number of nitrogens with one attached hydrogen (secondary N) is 1. The van der Waals surface area contributed by atoms with Gasteiger partial charge in [-0.25, -0.2) is 0 Å². The second-order valence-electron chi connectivity index (χ2n) is 7.51. The van der Waals surface area contributed by atoms with E-state index < -0.39 is 5.60 Å². The molecule has 0 bridgehead atoms. The van der Waals surface area contributed by atoms with Gasteiger partial charge in [-0.1, -0.05) is 15.9 Å². The predicted octanol–water partition coefficient (Wildman–Crippen LogP) is 2.89. The normalized spacial score (nSPS) is 19.1. The van der Waals surface area contributed by atoms with E-state index in [1.54, 1.807) is 0 Å². The monoisotopic (exact) mass is 411 g/mol. The Morgan fingerprint density at radius 3 is 2.56 bits per heavy atom. The number of esters is 1. The fraction of sp³-hybridized carbons (Fsp3) is 0.632. The van der Waals surface area contributed by atoms with Gasteiger partial charge in [0.15, 0.2) is 0 Å². The van der Waals surface area contributed by atoms with E-state index in [1.165, 1.54) is 5.69 Å². The second kappa shape index (κ2) is 9.01. The Morgan fingerprint density at radius 2 is 1.96 bits per heavy atom. The Bertz CT molecular complexity index is 557. The molecule has 2 rings (SSSR count). The Hall–Kier alpha value is -1.11. The van der Waals surface area contributed by atoms with Crippen LogP contribution in [0.15, 0.2) is 28.7 Å². The molecule has 0 spiro atoms. The first-order valence-corrected chi connectivity index (χ1v) is 9.69. The van der Waals surface area contributed by atoms with Crippen LogP contribution in [0.4, 0.5) is 5.69 Å². The van der Waals surface area contributed by atoms with E-state index in [0.29, 0.717) is 12.5 Å². The van der Waals surface area contributed by atoms with Crippen LogP contribution in [0.25, 0.3) is 0 Å². The summed E-state index contributed by atoms with van der Waals surface area (Å²) < 4.78 is 6.53. The zero-order valence-corrected chi connectivity index (χ0v) is 17.3. The molecule has 25 heavy (non-hydrogen) atoms. The van der Waals surface area contributed by atoms with Crippen LogP contribution in [0, 0.1) is 0 Å². The summed E-state index contributed by atoms with van der Waals surface area (Å²) in [5, 5.41) is 3.28. The molecule has 6 heteroatoms. The molecule has 1 aliphatic heterocycles. The maximum absolute atomic E-state index is 12.0. The minimum Gasteiger partial charge on any atom is -0.460 e. The number of halogens is 1. The van der Waals surface area contributed by atoms with E-state index in [1.807, 2.05) is 27.8 Å². The summed E-state index contributed by atoms with van der Waals surface area (Å²) in [5.41, 5.74) is 0.831. The third-order valence-corrected chi connectivity index (χ3v) is 4.79. The Balaban J connectivity index is 1.92. The molecule has 140 valence electrons. The molecule has 1 fully saturated rings. The fourth-order valence-electron chi connectivity index (χ4n) is 3.13. The Labute approximate surface area is 159 Å². The number of likely N-dealkylation sites (N-methyl/N-ethyl adjacent to an activating group) is 1. The van der Waals surface area contributed by atoms with Crippen molar-refractivity contribution in [3.8, 4) is 0 Å². The van der Waals surface area contributed by atoms with Crippen LogP contribution in [0.3, 0.4) is 0 Å². The average molecular weight is 412 g/mol. The molecule has 0 amide bonds. The third kappa shape index (κ3) is 6.60. The molecule has 1 atom stereocenters. The smallest absolute Gasteiger partial charge is 0.307 e. The molecule has 5 nitrogen and oxygen atoms in total. The summed E-state index contributed by atoms with van der Waals surface area (Å²) in [6, 6.07) is 8.84. The summed E-state index contributed by atoms with van der Waals surface area (Å²) in [6.07, 6.45) is 0.440. The van der Waals surface area contributed by atoms with Crippen molar-refractivity contribution in [3.63, 3.8) is 0 Å². The van der Waals surface area contributed by atoms with Crippen LogP contribution in [-0.2, 0) is 9.53 Å². The third-order valence-electron chi connectivity index (χ3n) is 4.26. The predicted molar refractivity (Wildman–Crippen MR) is 106 cm³/mol. The van der Waals surface area contributed by atoms with E-state index in [4.69, 9.17) is 4.74 Å². The highest BCUT2D eigenvalue weighted by atomic mass is 79.9. The van der Waals surface area contributed by atoms with Gasteiger partial charge in [-0.15, -0.1) is 0 Å². The second-order valence-corrected chi connectivity index (χ2v) is 8.42. The SMILES string of the molecule is CNC[C@H]1CN(c2ccc(Br)cc2)CCN1CCC(=O)OC(C)(C)C. The number of nitrogens with zero attached hydrogens (tertiary/aromatic N) is 2. The maximum Gasteiger partial charge on any atom is 0.307 e. The van der Waals surface area contributed by atoms with Gasteiger partial charge in [-0.05, 0) is 52.1 Å². The highest BCUT2D eigenvalue weighted by Crippen LogP contribution is 2.22. The summed E-state index contributed by atoms with van der Waals surface area (Å²) in [7, 11) is 1.98. The van der Waals surface area contributed by atoms with Crippen LogP contribution >= 0.6 is 15.9 Å². The van der Waals surface area contributed by atoms with Gasteiger partial charge in [-0.3, -0.25) is 9.69 Å². The average Bonchev–Trinajstić information content (AvgIpc) is 2.53. The van der Waals surface area contributed by atoms with E-state index in [9.17, 15) is 4.79 Å². The molecule has 1 heterocycles. The molecule has 0 radical (unpaired) electrons.